The molecule has 0 aliphatic rings. The summed E-state index contributed by atoms with van der Waals surface area (Å²) in [5.41, 5.74) is 1.06. The summed E-state index contributed by atoms with van der Waals surface area (Å²) >= 11 is 0. The van der Waals surface area contributed by atoms with Crippen LogP contribution in [0, 0.1) is 0 Å². The fourth-order valence-corrected chi connectivity index (χ4v) is 1.53. The van der Waals surface area contributed by atoms with Crippen molar-refractivity contribution in [2.24, 2.45) is 0 Å². The molecule has 0 heterocycles. The Morgan fingerprint density at radius 3 is 2.47 bits per heavy atom. The van der Waals surface area contributed by atoms with Crippen molar-refractivity contribution in [2.75, 3.05) is 6.61 Å². The van der Waals surface area contributed by atoms with Gasteiger partial charge in [0.05, 0.1) is 18.7 Å². The summed E-state index contributed by atoms with van der Waals surface area (Å²) in [6.07, 6.45) is 0.712. The molecule has 1 aromatic rings. The van der Waals surface area contributed by atoms with Crippen molar-refractivity contribution in [3.63, 3.8) is 0 Å². The number of carbonyl (C=O) groups excluding carboxylic acids is 1. The number of aliphatic hydroxyl groups is 1. The van der Waals surface area contributed by atoms with E-state index >= 15 is 0 Å². The monoisotopic (exact) mass is 236 g/mol. The van der Waals surface area contributed by atoms with E-state index in [2.05, 4.69) is 10.6 Å². The summed E-state index contributed by atoms with van der Waals surface area (Å²) in [5.74, 6) is 0. The lowest BCUT2D eigenvalue weighted by molar-refractivity contribution is 0.212. The van der Waals surface area contributed by atoms with Crippen LogP contribution >= 0.6 is 0 Å². The lowest BCUT2D eigenvalue weighted by Crippen LogP contribution is -2.44. The van der Waals surface area contributed by atoms with Crippen LogP contribution in [0.25, 0.3) is 0 Å². The topological polar surface area (TPSA) is 61.4 Å². The maximum absolute atomic E-state index is 11.6. The predicted molar refractivity (Wildman–Crippen MR) is 67.7 cm³/mol. The molecule has 94 valence electrons. The Balaban J connectivity index is 2.46. The summed E-state index contributed by atoms with van der Waals surface area (Å²) in [6.45, 7) is 3.81. The Morgan fingerprint density at radius 2 is 1.94 bits per heavy atom. The predicted octanol–water partition coefficient (Wildman–Crippen LogP) is 1.82. The SMILES string of the molecule is CC[C@H](CO)NC(=O)N[C@H](C)c1ccccc1. The van der Waals surface area contributed by atoms with Crippen LogP contribution in [0.3, 0.4) is 0 Å². The number of urea groups is 1. The Kier molecular flexibility index (Phi) is 5.49. The van der Waals surface area contributed by atoms with Gasteiger partial charge >= 0.3 is 6.03 Å². The number of aliphatic hydroxyl groups excluding tert-OH is 1. The van der Waals surface area contributed by atoms with E-state index in [1.807, 2.05) is 44.2 Å². The van der Waals surface area contributed by atoms with E-state index in [4.69, 9.17) is 5.11 Å². The first-order valence-electron chi connectivity index (χ1n) is 5.90. The fraction of sp³-hybridized carbons (Fsp3) is 0.462. The molecule has 1 rings (SSSR count). The number of nitrogens with one attached hydrogen (secondary N) is 2. The summed E-state index contributed by atoms with van der Waals surface area (Å²) in [4.78, 5) is 11.6. The highest BCUT2D eigenvalue weighted by Gasteiger charge is 2.12. The average Bonchev–Trinajstić information content (AvgIpc) is 2.37. The molecule has 4 heteroatoms. The summed E-state index contributed by atoms with van der Waals surface area (Å²) < 4.78 is 0. The van der Waals surface area contributed by atoms with Gasteiger partial charge in [0.1, 0.15) is 0 Å². The van der Waals surface area contributed by atoms with Crippen molar-refractivity contribution in [3.8, 4) is 0 Å². The van der Waals surface area contributed by atoms with Gasteiger partial charge in [-0.15, -0.1) is 0 Å². The zero-order valence-electron chi connectivity index (χ0n) is 10.3. The second kappa shape index (κ2) is 6.91. The molecule has 0 spiro atoms. The summed E-state index contributed by atoms with van der Waals surface area (Å²) in [6, 6.07) is 9.27. The molecule has 1 aromatic carbocycles. The molecular formula is C13H20N2O2. The number of benzene rings is 1. The maximum Gasteiger partial charge on any atom is 0.315 e. The van der Waals surface area contributed by atoms with Crippen molar-refractivity contribution in [1.29, 1.82) is 0 Å². The Hall–Kier alpha value is -1.55. The van der Waals surface area contributed by atoms with Crippen molar-refractivity contribution in [2.45, 2.75) is 32.4 Å². The fourth-order valence-electron chi connectivity index (χ4n) is 1.53. The zero-order chi connectivity index (χ0) is 12.7. The number of hydrogen-bond acceptors (Lipinski definition) is 2. The van der Waals surface area contributed by atoms with Crippen LogP contribution in [0.2, 0.25) is 0 Å². The average molecular weight is 236 g/mol. The van der Waals surface area contributed by atoms with Gasteiger partial charge in [0.25, 0.3) is 0 Å². The minimum atomic E-state index is -0.248. The normalized spacial score (nSPS) is 13.8. The molecule has 0 radical (unpaired) electrons. The van der Waals surface area contributed by atoms with E-state index in [1.165, 1.54) is 0 Å². The highest BCUT2D eigenvalue weighted by atomic mass is 16.3. The van der Waals surface area contributed by atoms with Gasteiger partial charge in [-0.25, -0.2) is 4.79 Å². The van der Waals surface area contributed by atoms with E-state index in [-0.39, 0.29) is 24.7 Å². The third-order valence-corrected chi connectivity index (χ3v) is 2.70. The Bertz CT molecular complexity index is 337. The van der Waals surface area contributed by atoms with Gasteiger partial charge in [-0.1, -0.05) is 37.3 Å². The van der Waals surface area contributed by atoms with Crippen molar-refractivity contribution in [3.05, 3.63) is 35.9 Å². The molecule has 0 aliphatic heterocycles. The molecule has 0 bridgehead atoms. The largest absolute Gasteiger partial charge is 0.394 e. The molecule has 0 aliphatic carbocycles. The van der Waals surface area contributed by atoms with Crippen LogP contribution in [0.5, 0.6) is 0 Å². The number of rotatable bonds is 5. The van der Waals surface area contributed by atoms with Gasteiger partial charge in [0.15, 0.2) is 0 Å². The quantitative estimate of drug-likeness (QED) is 0.730. The van der Waals surface area contributed by atoms with Gasteiger partial charge in [-0.3, -0.25) is 0 Å². The van der Waals surface area contributed by atoms with Gasteiger partial charge in [-0.2, -0.15) is 0 Å². The molecule has 0 fully saturated rings. The molecule has 0 aromatic heterocycles. The van der Waals surface area contributed by atoms with E-state index < -0.39 is 0 Å². The van der Waals surface area contributed by atoms with Gasteiger partial charge < -0.3 is 15.7 Å². The van der Waals surface area contributed by atoms with Crippen LogP contribution in [0.4, 0.5) is 4.79 Å². The first-order chi connectivity index (χ1) is 8.17. The lowest BCUT2D eigenvalue weighted by Gasteiger charge is -2.18. The highest BCUT2D eigenvalue weighted by Crippen LogP contribution is 2.10. The maximum atomic E-state index is 11.6. The number of carbonyl (C=O) groups is 1. The third-order valence-electron chi connectivity index (χ3n) is 2.70. The van der Waals surface area contributed by atoms with Crippen molar-refractivity contribution in [1.82, 2.24) is 10.6 Å². The van der Waals surface area contributed by atoms with Gasteiger partial charge in [0, 0.05) is 0 Å². The van der Waals surface area contributed by atoms with E-state index in [0.717, 1.165) is 5.56 Å². The molecule has 0 unspecified atom stereocenters. The summed E-state index contributed by atoms with van der Waals surface area (Å²) in [5, 5.41) is 14.5. The first kappa shape index (κ1) is 13.5. The number of hydrogen-bond donors (Lipinski definition) is 3. The molecule has 2 atom stereocenters. The first-order valence-corrected chi connectivity index (χ1v) is 5.90. The van der Waals surface area contributed by atoms with E-state index in [9.17, 15) is 4.79 Å². The molecule has 0 saturated heterocycles. The minimum absolute atomic E-state index is 0.0381. The molecule has 2 amide bonds. The molecular weight excluding hydrogens is 216 g/mol. The lowest BCUT2D eigenvalue weighted by atomic mass is 10.1. The standard InChI is InChI=1S/C13H20N2O2/c1-3-12(9-16)15-13(17)14-10(2)11-7-5-4-6-8-11/h4-8,10,12,16H,3,9H2,1-2H3,(H2,14,15,17)/t10-,12-/m1/s1. The number of amides is 2. The third kappa shape index (κ3) is 4.44. The zero-order valence-corrected chi connectivity index (χ0v) is 10.3. The second-order valence-corrected chi connectivity index (χ2v) is 4.04. The highest BCUT2D eigenvalue weighted by molar-refractivity contribution is 5.74. The van der Waals surface area contributed by atoms with Gasteiger partial charge in [0.2, 0.25) is 0 Å². The van der Waals surface area contributed by atoms with Crippen LogP contribution in [-0.2, 0) is 0 Å². The molecule has 0 saturated carbocycles. The minimum Gasteiger partial charge on any atom is -0.394 e. The molecule has 3 N–H and O–H groups in total. The van der Waals surface area contributed by atoms with Crippen molar-refractivity contribution >= 4 is 6.03 Å². The van der Waals surface area contributed by atoms with Crippen molar-refractivity contribution < 1.29 is 9.90 Å². The van der Waals surface area contributed by atoms with E-state index in [0.29, 0.717) is 6.42 Å². The smallest absolute Gasteiger partial charge is 0.315 e. The molecule has 17 heavy (non-hydrogen) atoms. The molecule has 4 nitrogen and oxygen atoms in total. The van der Waals surface area contributed by atoms with E-state index in [1.54, 1.807) is 0 Å². The van der Waals surface area contributed by atoms with Crippen LogP contribution in [-0.4, -0.2) is 23.8 Å². The van der Waals surface area contributed by atoms with Crippen LogP contribution in [0.1, 0.15) is 31.9 Å². The van der Waals surface area contributed by atoms with Gasteiger partial charge in [-0.05, 0) is 18.9 Å². The second-order valence-electron chi connectivity index (χ2n) is 4.04. The Labute approximate surface area is 102 Å². The Morgan fingerprint density at radius 1 is 1.29 bits per heavy atom. The van der Waals surface area contributed by atoms with Crippen LogP contribution in [0.15, 0.2) is 30.3 Å². The van der Waals surface area contributed by atoms with Crippen LogP contribution < -0.4 is 10.6 Å². The summed E-state index contributed by atoms with van der Waals surface area (Å²) in [7, 11) is 0.